The fraction of sp³-hybridized carbons (Fsp3) is 0.643. The van der Waals surface area contributed by atoms with Gasteiger partial charge >= 0.3 is 0 Å². The first kappa shape index (κ1) is 17.7. The second-order valence-corrected chi connectivity index (χ2v) is 6.07. The van der Waals surface area contributed by atoms with Gasteiger partial charge in [-0.15, -0.1) is 0 Å². The van der Waals surface area contributed by atoms with Crippen LogP contribution in [0.15, 0.2) is 15.5 Å². The highest BCUT2D eigenvalue weighted by Gasteiger charge is 2.09. The van der Waals surface area contributed by atoms with Gasteiger partial charge in [0.05, 0.1) is 11.9 Å². The zero-order valence-corrected chi connectivity index (χ0v) is 14.4. The molecule has 0 aliphatic heterocycles. The third-order valence-electron chi connectivity index (χ3n) is 2.80. The van der Waals surface area contributed by atoms with E-state index in [0.717, 1.165) is 6.42 Å². The third kappa shape index (κ3) is 5.87. The van der Waals surface area contributed by atoms with Crippen LogP contribution >= 0.6 is 15.9 Å². The molecule has 21 heavy (non-hydrogen) atoms. The number of aromatic nitrogens is 2. The van der Waals surface area contributed by atoms with Gasteiger partial charge in [-0.1, -0.05) is 20.8 Å². The van der Waals surface area contributed by atoms with Crippen LogP contribution in [0.3, 0.4) is 0 Å². The molecule has 1 rings (SSSR count). The third-order valence-corrected chi connectivity index (χ3v) is 3.56. The van der Waals surface area contributed by atoms with Gasteiger partial charge < -0.3 is 10.6 Å². The van der Waals surface area contributed by atoms with E-state index in [1.807, 2.05) is 20.8 Å². The summed E-state index contributed by atoms with van der Waals surface area (Å²) in [4.78, 5) is 23.6. The molecular weight excluding hydrogens is 336 g/mol. The topological polar surface area (TPSA) is 76.0 Å². The van der Waals surface area contributed by atoms with Gasteiger partial charge in [0.25, 0.3) is 5.56 Å². The number of carbonyl (C=O) groups excluding carboxylic acids is 1. The Morgan fingerprint density at radius 3 is 2.81 bits per heavy atom. The van der Waals surface area contributed by atoms with Crippen LogP contribution in [0.4, 0.5) is 5.69 Å². The Kier molecular flexibility index (Phi) is 7.42. The Hall–Kier alpha value is -1.37. The summed E-state index contributed by atoms with van der Waals surface area (Å²) >= 11 is 3.28. The van der Waals surface area contributed by atoms with E-state index < -0.39 is 0 Å². The van der Waals surface area contributed by atoms with Crippen LogP contribution < -0.4 is 16.2 Å². The molecule has 0 saturated heterocycles. The summed E-state index contributed by atoms with van der Waals surface area (Å²) in [5.41, 5.74) is 0.454. The second-order valence-electron chi connectivity index (χ2n) is 5.28. The second kappa shape index (κ2) is 8.81. The van der Waals surface area contributed by atoms with E-state index in [9.17, 15) is 9.59 Å². The van der Waals surface area contributed by atoms with Crippen molar-refractivity contribution >= 4 is 27.5 Å². The Labute approximate surface area is 133 Å². The first-order chi connectivity index (χ1) is 9.95. The molecule has 0 bridgehead atoms. The summed E-state index contributed by atoms with van der Waals surface area (Å²) in [6.07, 6.45) is 2.81. The molecule has 1 aromatic heterocycles. The lowest BCUT2D eigenvalue weighted by molar-refractivity contribution is -0.120. The number of halogens is 1. The van der Waals surface area contributed by atoms with Gasteiger partial charge in [-0.3, -0.25) is 9.59 Å². The van der Waals surface area contributed by atoms with Crippen molar-refractivity contribution in [2.45, 2.75) is 40.2 Å². The summed E-state index contributed by atoms with van der Waals surface area (Å²) in [5, 5.41) is 10.0. The van der Waals surface area contributed by atoms with Gasteiger partial charge in [0.2, 0.25) is 5.91 Å². The van der Waals surface area contributed by atoms with E-state index in [1.165, 1.54) is 4.68 Å². The number of hydrogen-bond acceptors (Lipinski definition) is 4. The number of amides is 1. The van der Waals surface area contributed by atoms with Crippen molar-refractivity contribution < 1.29 is 4.79 Å². The molecule has 0 aromatic carbocycles. The van der Waals surface area contributed by atoms with Gasteiger partial charge in [-0.25, -0.2) is 4.68 Å². The summed E-state index contributed by atoms with van der Waals surface area (Å²) in [5.74, 6) is 0.436. The van der Waals surface area contributed by atoms with Gasteiger partial charge in [0.15, 0.2) is 0 Å². The SMILES string of the molecule is CCCn1ncc(NCCC(=O)NCC(C)C)c(Br)c1=O. The Morgan fingerprint density at radius 1 is 1.48 bits per heavy atom. The first-order valence-electron chi connectivity index (χ1n) is 7.21. The van der Waals surface area contributed by atoms with E-state index >= 15 is 0 Å². The highest BCUT2D eigenvalue weighted by Crippen LogP contribution is 2.15. The number of anilines is 1. The molecule has 1 aromatic rings. The average Bonchev–Trinajstić information content (AvgIpc) is 2.44. The molecule has 0 unspecified atom stereocenters. The van der Waals surface area contributed by atoms with Gasteiger partial charge in [-0.2, -0.15) is 5.10 Å². The lowest BCUT2D eigenvalue weighted by Gasteiger charge is -2.11. The molecule has 0 aliphatic rings. The van der Waals surface area contributed by atoms with Crippen LogP contribution in [0, 0.1) is 5.92 Å². The molecule has 0 aliphatic carbocycles. The number of hydrogen-bond donors (Lipinski definition) is 2. The maximum Gasteiger partial charge on any atom is 0.283 e. The molecule has 0 saturated carbocycles. The molecule has 0 atom stereocenters. The van der Waals surface area contributed by atoms with Crippen molar-refractivity contribution in [1.82, 2.24) is 15.1 Å². The Bertz CT molecular complexity index is 528. The molecule has 7 heteroatoms. The molecule has 118 valence electrons. The average molecular weight is 359 g/mol. The van der Waals surface area contributed by atoms with Crippen molar-refractivity contribution in [3.05, 3.63) is 21.0 Å². The minimum Gasteiger partial charge on any atom is -0.382 e. The van der Waals surface area contributed by atoms with Gasteiger partial charge in [0, 0.05) is 26.1 Å². The molecule has 1 heterocycles. The largest absolute Gasteiger partial charge is 0.382 e. The quantitative estimate of drug-likeness (QED) is 0.744. The fourth-order valence-corrected chi connectivity index (χ4v) is 2.12. The number of rotatable bonds is 8. The predicted molar refractivity (Wildman–Crippen MR) is 87.4 cm³/mol. The summed E-state index contributed by atoms with van der Waals surface area (Å²) in [6, 6.07) is 0. The molecular formula is C14H23BrN4O2. The van der Waals surface area contributed by atoms with Crippen LogP contribution in [-0.2, 0) is 11.3 Å². The van der Waals surface area contributed by atoms with Crippen molar-refractivity contribution in [1.29, 1.82) is 0 Å². The lowest BCUT2D eigenvalue weighted by Crippen LogP contribution is -2.29. The van der Waals surface area contributed by atoms with Gasteiger partial charge in [0.1, 0.15) is 4.47 Å². The van der Waals surface area contributed by atoms with Crippen LogP contribution in [0.2, 0.25) is 0 Å². The maximum absolute atomic E-state index is 12.0. The van der Waals surface area contributed by atoms with Crippen molar-refractivity contribution in [3.8, 4) is 0 Å². The highest BCUT2D eigenvalue weighted by atomic mass is 79.9. The Balaban J connectivity index is 2.51. The van der Waals surface area contributed by atoms with Crippen LogP contribution in [0.1, 0.15) is 33.6 Å². The van der Waals surface area contributed by atoms with Crippen molar-refractivity contribution in [2.24, 2.45) is 5.92 Å². The number of aryl methyl sites for hydroxylation is 1. The zero-order valence-electron chi connectivity index (χ0n) is 12.8. The van der Waals surface area contributed by atoms with E-state index in [4.69, 9.17) is 0 Å². The van der Waals surface area contributed by atoms with E-state index in [1.54, 1.807) is 6.20 Å². The summed E-state index contributed by atoms with van der Waals surface area (Å²) in [7, 11) is 0. The molecule has 2 N–H and O–H groups in total. The standard InChI is InChI=1S/C14H23BrN4O2/c1-4-7-19-14(21)13(15)11(9-18-19)16-6-5-12(20)17-8-10(2)3/h9-10,16H,4-8H2,1-3H3,(H,17,20). The summed E-state index contributed by atoms with van der Waals surface area (Å²) in [6.45, 7) is 7.82. The predicted octanol–water partition coefficient (Wildman–Crippen LogP) is 1.99. The minimum absolute atomic E-state index is 0.000364. The first-order valence-corrected chi connectivity index (χ1v) is 8.01. The smallest absolute Gasteiger partial charge is 0.283 e. The van der Waals surface area contributed by atoms with Crippen LogP contribution in [0.5, 0.6) is 0 Å². The van der Waals surface area contributed by atoms with Gasteiger partial charge in [-0.05, 0) is 28.3 Å². The van der Waals surface area contributed by atoms with E-state index in [0.29, 0.717) is 42.1 Å². The Morgan fingerprint density at radius 2 is 2.19 bits per heavy atom. The van der Waals surface area contributed by atoms with Crippen molar-refractivity contribution in [3.63, 3.8) is 0 Å². The van der Waals surface area contributed by atoms with E-state index in [2.05, 4.69) is 31.7 Å². The van der Waals surface area contributed by atoms with E-state index in [-0.39, 0.29) is 11.5 Å². The molecule has 0 radical (unpaired) electrons. The number of nitrogens with one attached hydrogen (secondary N) is 2. The zero-order chi connectivity index (χ0) is 15.8. The van der Waals surface area contributed by atoms with Crippen molar-refractivity contribution in [2.75, 3.05) is 18.4 Å². The summed E-state index contributed by atoms with van der Waals surface area (Å²) < 4.78 is 1.87. The molecule has 6 nitrogen and oxygen atoms in total. The number of carbonyl (C=O) groups is 1. The molecule has 1 amide bonds. The minimum atomic E-state index is -0.161. The van der Waals surface area contributed by atoms with Crippen LogP contribution in [-0.4, -0.2) is 28.8 Å². The number of nitrogens with zero attached hydrogens (tertiary/aromatic N) is 2. The normalized spacial score (nSPS) is 10.7. The monoisotopic (exact) mass is 358 g/mol. The lowest BCUT2D eigenvalue weighted by atomic mass is 10.2. The molecule has 0 spiro atoms. The fourth-order valence-electron chi connectivity index (χ4n) is 1.68. The van der Waals surface area contributed by atoms with Crippen LogP contribution in [0.25, 0.3) is 0 Å². The highest BCUT2D eigenvalue weighted by molar-refractivity contribution is 9.10. The maximum atomic E-state index is 12.0. The molecule has 0 fully saturated rings.